The number of benzene rings is 1. The zero-order valence-electron chi connectivity index (χ0n) is 19.9. The Balaban J connectivity index is 1.77. The fourth-order valence-electron chi connectivity index (χ4n) is 4.97. The second-order valence-electron chi connectivity index (χ2n) is 9.55. The van der Waals surface area contributed by atoms with Gasteiger partial charge in [-0.1, -0.05) is 74.9 Å². The summed E-state index contributed by atoms with van der Waals surface area (Å²) >= 11 is 0. The molecule has 182 valence electrons. The van der Waals surface area contributed by atoms with E-state index in [0.717, 1.165) is 31.2 Å². The van der Waals surface area contributed by atoms with Crippen LogP contribution in [-0.2, 0) is 20.9 Å². The van der Waals surface area contributed by atoms with E-state index in [-0.39, 0.29) is 42.9 Å². The van der Waals surface area contributed by atoms with Gasteiger partial charge < -0.3 is 9.47 Å². The van der Waals surface area contributed by atoms with Gasteiger partial charge in [0.1, 0.15) is 12.2 Å². The van der Waals surface area contributed by atoms with Gasteiger partial charge in [-0.3, -0.25) is 4.79 Å². The Bertz CT molecular complexity index is 790. The Hall–Kier alpha value is -2.01. The van der Waals surface area contributed by atoms with Crippen LogP contribution in [0, 0.1) is 17.8 Å². The van der Waals surface area contributed by atoms with E-state index in [2.05, 4.69) is 19.1 Å². The van der Waals surface area contributed by atoms with Gasteiger partial charge in [0, 0.05) is 18.8 Å². The van der Waals surface area contributed by atoms with Crippen molar-refractivity contribution < 1.29 is 23.0 Å². The molecule has 1 heterocycles. The van der Waals surface area contributed by atoms with E-state index in [1.54, 1.807) is 6.08 Å². The highest BCUT2D eigenvalue weighted by Crippen LogP contribution is 2.43. The first-order valence-corrected chi connectivity index (χ1v) is 12.5. The summed E-state index contributed by atoms with van der Waals surface area (Å²) in [5.74, 6) is -2.67. The highest BCUT2D eigenvalue weighted by Gasteiger charge is 2.43. The van der Waals surface area contributed by atoms with Gasteiger partial charge in [0.15, 0.2) is 0 Å². The number of allylic oxidation sites excluding steroid dienone is 3. The van der Waals surface area contributed by atoms with Crippen LogP contribution in [0.25, 0.3) is 0 Å². The summed E-state index contributed by atoms with van der Waals surface area (Å²) in [7, 11) is 0. The lowest BCUT2D eigenvalue weighted by Crippen LogP contribution is -2.34. The molecular formula is C28H38F2O3. The Kier molecular flexibility index (Phi) is 9.66. The number of unbranched alkanes of at least 4 members (excludes halogenated alkanes) is 1. The normalized spacial score (nSPS) is 28.3. The first kappa shape index (κ1) is 25.6. The van der Waals surface area contributed by atoms with Crippen LogP contribution in [0.5, 0.6) is 0 Å². The Morgan fingerprint density at radius 2 is 2.03 bits per heavy atom. The van der Waals surface area contributed by atoms with E-state index in [1.807, 2.05) is 43.3 Å². The predicted octanol–water partition coefficient (Wildman–Crippen LogP) is 7.27. The second kappa shape index (κ2) is 12.5. The molecule has 2 aliphatic rings. The van der Waals surface area contributed by atoms with Crippen LogP contribution in [-0.4, -0.2) is 24.1 Å². The lowest BCUT2D eigenvalue weighted by atomic mass is 9.86. The van der Waals surface area contributed by atoms with Crippen molar-refractivity contribution in [2.75, 3.05) is 0 Å². The molecule has 5 atom stereocenters. The smallest absolute Gasteiger partial charge is 0.306 e. The van der Waals surface area contributed by atoms with E-state index < -0.39 is 12.0 Å². The van der Waals surface area contributed by atoms with Crippen molar-refractivity contribution in [2.24, 2.45) is 17.8 Å². The van der Waals surface area contributed by atoms with Crippen molar-refractivity contribution in [3.63, 3.8) is 0 Å². The molecule has 2 unspecified atom stereocenters. The third-order valence-electron chi connectivity index (χ3n) is 6.90. The van der Waals surface area contributed by atoms with Crippen molar-refractivity contribution in [1.29, 1.82) is 0 Å². The van der Waals surface area contributed by atoms with E-state index in [9.17, 15) is 4.79 Å². The number of carbonyl (C=O) groups is 1. The van der Waals surface area contributed by atoms with Gasteiger partial charge in [0.25, 0.3) is 5.92 Å². The highest BCUT2D eigenvalue weighted by molar-refractivity contribution is 5.69. The molecule has 5 heteroatoms. The predicted molar refractivity (Wildman–Crippen MR) is 127 cm³/mol. The largest absolute Gasteiger partial charge is 0.462 e. The van der Waals surface area contributed by atoms with Crippen LogP contribution in [0.1, 0.15) is 70.8 Å². The average Bonchev–Trinajstić information content (AvgIpc) is 3.09. The Morgan fingerprint density at radius 3 is 2.79 bits per heavy atom. The minimum absolute atomic E-state index is 0.0664. The number of halogens is 2. The first-order valence-electron chi connectivity index (χ1n) is 12.5. The fraction of sp³-hybridized carbons (Fsp3) is 0.607. The zero-order valence-corrected chi connectivity index (χ0v) is 19.9. The van der Waals surface area contributed by atoms with Crippen LogP contribution >= 0.6 is 0 Å². The summed E-state index contributed by atoms with van der Waals surface area (Å²) in [5, 5.41) is 0. The van der Waals surface area contributed by atoms with Gasteiger partial charge >= 0.3 is 5.97 Å². The summed E-state index contributed by atoms with van der Waals surface area (Å²) in [4.78, 5) is 12.2. The number of hydrogen-bond donors (Lipinski definition) is 0. The molecule has 0 aromatic heterocycles. The molecule has 1 aromatic rings. The van der Waals surface area contributed by atoms with E-state index >= 15 is 8.78 Å². The lowest BCUT2D eigenvalue weighted by Gasteiger charge is -2.27. The summed E-state index contributed by atoms with van der Waals surface area (Å²) < 4.78 is 41.8. The number of ether oxygens (including phenoxy) is 2. The molecule has 0 bridgehead atoms. The number of rotatable bonds is 9. The maximum atomic E-state index is 15.1. The first-order chi connectivity index (χ1) is 15.9. The third kappa shape index (κ3) is 7.49. The van der Waals surface area contributed by atoms with Gasteiger partial charge in [0.2, 0.25) is 0 Å². The number of carbonyl (C=O) groups excluding carboxylic acids is 1. The summed E-state index contributed by atoms with van der Waals surface area (Å²) in [6.45, 7) is 4.18. The molecule has 1 saturated carbocycles. The van der Waals surface area contributed by atoms with Crippen LogP contribution in [0.3, 0.4) is 0 Å². The van der Waals surface area contributed by atoms with E-state index in [4.69, 9.17) is 9.47 Å². The quantitative estimate of drug-likeness (QED) is 0.287. The van der Waals surface area contributed by atoms with Crippen molar-refractivity contribution in [3.8, 4) is 0 Å². The number of alkyl halides is 2. The minimum Gasteiger partial charge on any atom is -0.462 e. The highest BCUT2D eigenvalue weighted by atomic mass is 19.3. The number of hydrogen-bond acceptors (Lipinski definition) is 3. The van der Waals surface area contributed by atoms with Crippen LogP contribution < -0.4 is 0 Å². The molecule has 1 fully saturated rings. The van der Waals surface area contributed by atoms with Crippen molar-refractivity contribution in [2.45, 2.75) is 90.0 Å². The zero-order chi connectivity index (χ0) is 23.7. The van der Waals surface area contributed by atoms with Gasteiger partial charge in [-0.25, -0.2) is 8.78 Å². The Morgan fingerprint density at radius 1 is 1.24 bits per heavy atom. The maximum absolute atomic E-state index is 15.1. The Labute approximate surface area is 197 Å². The second-order valence-corrected chi connectivity index (χ2v) is 9.55. The van der Waals surface area contributed by atoms with Gasteiger partial charge in [-0.2, -0.15) is 0 Å². The molecule has 1 aliphatic carbocycles. The lowest BCUT2D eigenvalue weighted by molar-refractivity contribution is -0.151. The minimum atomic E-state index is -2.94. The van der Waals surface area contributed by atoms with Gasteiger partial charge in [-0.15, -0.1) is 0 Å². The topological polar surface area (TPSA) is 35.5 Å². The summed E-state index contributed by atoms with van der Waals surface area (Å²) in [5.41, 5.74) is 0.876. The van der Waals surface area contributed by atoms with Gasteiger partial charge in [0.05, 0.1) is 6.61 Å². The molecule has 0 saturated heterocycles. The van der Waals surface area contributed by atoms with Crippen LogP contribution in [0.2, 0.25) is 0 Å². The molecule has 3 rings (SSSR count). The van der Waals surface area contributed by atoms with Crippen molar-refractivity contribution in [3.05, 3.63) is 60.2 Å². The molecule has 3 nitrogen and oxygen atoms in total. The summed E-state index contributed by atoms with van der Waals surface area (Å²) in [6, 6.07) is 9.43. The molecule has 0 N–H and O–H groups in total. The van der Waals surface area contributed by atoms with E-state index in [1.165, 1.54) is 0 Å². The molecule has 1 aliphatic heterocycles. The van der Waals surface area contributed by atoms with Crippen LogP contribution in [0.4, 0.5) is 8.78 Å². The molecule has 0 radical (unpaired) electrons. The molecule has 33 heavy (non-hydrogen) atoms. The van der Waals surface area contributed by atoms with E-state index in [0.29, 0.717) is 19.3 Å². The van der Waals surface area contributed by atoms with Gasteiger partial charge in [-0.05, 0) is 49.5 Å². The maximum Gasteiger partial charge on any atom is 0.306 e. The molecule has 0 spiro atoms. The molecule has 0 amide bonds. The third-order valence-corrected chi connectivity index (χ3v) is 6.90. The average molecular weight is 461 g/mol. The monoisotopic (exact) mass is 460 g/mol. The van der Waals surface area contributed by atoms with Crippen LogP contribution in [0.15, 0.2) is 54.6 Å². The molecular weight excluding hydrogens is 422 g/mol. The number of fused-ring (bicyclic) bond motifs is 1. The standard InChI is InChI=1S/C28H38F2O3/c1-3-4-18-28(29,30)26(32-20-22-12-8-7-9-13-22)17-16-23-21(2)19-25-24(23)14-10-5-6-11-15-27(31)33-25/h5,7-10,12-13,16-17,21,23-26H,3-4,6,11,14-15,18-20H2,1-2H3/b10-5-,17-16+/t21-,23+,24?,25?,26-/m1/s1. The molecule has 1 aromatic carbocycles. The fourth-order valence-corrected chi connectivity index (χ4v) is 4.97. The SMILES string of the molecule is CCCCC(F)(F)[C@@H](/C=C/[C@@H]1C2C/C=C\CCCC(=O)OC2C[C@H]1C)OCc1ccccc1. The number of esters is 1. The van der Waals surface area contributed by atoms with Crippen molar-refractivity contribution >= 4 is 5.97 Å². The van der Waals surface area contributed by atoms with Crippen molar-refractivity contribution in [1.82, 2.24) is 0 Å². The summed E-state index contributed by atoms with van der Waals surface area (Å²) in [6.07, 6.45) is 11.0.